The Morgan fingerprint density at radius 2 is 2.28 bits per heavy atom. The first-order valence-electron chi connectivity index (χ1n) is 8.31. The molecular formula is C17H18FN5O2. The standard InChI is InChI=1S/C17H18FN5O2/c1-9-22-23-16(25-9)5-10-2-3-11(4-10)21-17(24)12-6-14-15(7-13(12)18)20-8-19-14/h6-8,10-11H,2-5H2,1H3,(H,19,20)(H,21,24)/t10-,11+/m1/s1. The number of aromatic nitrogens is 4. The van der Waals surface area contributed by atoms with Crippen LogP contribution < -0.4 is 5.32 Å². The molecule has 0 aliphatic heterocycles. The first-order valence-corrected chi connectivity index (χ1v) is 8.31. The van der Waals surface area contributed by atoms with Crippen molar-refractivity contribution in [1.82, 2.24) is 25.5 Å². The van der Waals surface area contributed by atoms with Crippen LogP contribution in [-0.2, 0) is 6.42 Å². The normalized spacial score (nSPS) is 20.2. The summed E-state index contributed by atoms with van der Waals surface area (Å²) >= 11 is 0. The molecule has 2 atom stereocenters. The summed E-state index contributed by atoms with van der Waals surface area (Å²) in [6.07, 6.45) is 4.83. The smallest absolute Gasteiger partial charge is 0.254 e. The van der Waals surface area contributed by atoms with Crippen LogP contribution in [0.15, 0.2) is 22.9 Å². The van der Waals surface area contributed by atoms with Gasteiger partial charge in [0.2, 0.25) is 11.8 Å². The molecule has 4 rings (SSSR count). The number of nitrogens with zero attached hydrogens (tertiary/aromatic N) is 3. The molecular weight excluding hydrogens is 325 g/mol. The number of H-pyrrole nitrogens is 1. The van der Waals surface area contributed by atoms with E-state index in [1.54, 1.807) is 6.92 Å². The number of carbonyl (C=O) groups is 1. The highest BCUT2D eigenvalue weighted by Crippen LogP contribution is 2.29. The number of aromatic amines is 1. The fourth-order valence-corrected chi connectivity index (χ4v) is 3.45. The monoisotopic (exact) mass is 343 g/mol. The number of hydrogen-bond acceptors (Lipinski definition) is 5. The number of rotatable bonds is 4. The Balaban J connectivity index is 1.40. The van der Waals surface area contributed by atoms with Crippen molar-refractivity contribution in [3.63, 3.8) is 0 Å². The number of benzene rings is 1. The van der Waals surface area contributed by atoms with E-state index in [0.717, 1.165) is 19.3 Å². The molecule has 0 unspecified atom stereocenters. The third-order valence-corrected chi connectivity index (χ3v) is 4.66. The number of halogens is 1. The van der Waals surface area contributed by atoms with E-state index in [1.807, 2.05) is 0 Å². The van der Waals surface area contributed by atoms with Crippen LogP contribution in [0.25, 0.3) is 11.0 Å². The molecule has 2 N–H and O–H groups in total. The van der Waals surface area contributed by atoms with E-state index in [2.05, 4.69) is 25.5 Å². The third-order valence-electron chi connectivity index (χ3n) is 4.66. The van der Waals surface area contributed by atoms with Crippen LogP contribution in [-0.4, -0.2) is 32.1 Å². The Morgan fingerprint density at radius 1 is 1.40 bits per heavy atom. The van der Waals surface area contributed by atoms with E-state index in [-0.39, 0.29) is 11.6 Å². The van der Waals surface area contributed by atoms with Gasteiger partial charge in [-0.1, -0.05) is 0 Å². The predicted octanol–water partition coefficient (Wildman–Crippen LogP) is 2.53. The van der Waals surface area contributed by atoms with E-state index in [9.17, 15) is 9.18 Å². The summed E-state index contributed by atoms with van der Waals surface area (Å²) in [7, 11) is 0. The lowest BCUT2D eigenvalue weighted by atomic mass is 10.0. The van der Waals surface area contributed by atoms with Crippen LogP contribution in [0, 0.1) is 18.7 Å². The molecule has 2 heterocycles. The van der Waals surface area contributed by atoms with E-state index in [4.69, 9.17) is 4.42 Å². The van der Waals surface area contributed by atoms with Crippen LogP contribution >= 0.6 is 0 Å². The first-order chi connectivity index (χ1) is 12.1. The van der Waals surface area contributed by atoms with Crippen molar-refractivity contribution >= 4 is 16.9 Å². The van der Waals surface area contributed by atoms with Gasteiger partial charge in [-0.05, 0) is 31.2 Å². The third kappa shape index (κ3) is 3.24. The number of carbonyl (C=O) groups excluding carboxylic acids is 1. The number of fused-ring (bicyclic) bond motifs is 1. The summed E-state index contributed by atoms with van der Waals surface area (Å²) in [5.41, 5.74) is 1.17. The Morgan fingerprint density at radius 3 is 3.08 bits per heavy atom. The Hall–Kier alpha value is -2.77. The van der Waals surface area contributed by atoms with Crippen molar-refractivity contribution in [3.05, 3.63) is 41.6 Å². The summed E-state index contributed by atoms with van der Waals surface area (Å²) in [5, 5.41) is 10.8. The molecule has 1 fully saturated rings. The Kier molecular flexibility index (Phi) is 3.95. The molecule has 0 saturated heterocycles. The second-order valence-electron chi connectivity index (χ2n) is 6.52. The van der Waals surface area contributed by atoms with E-state index >= 15 is 0 Å². The van der Waals surface area contributed by atoms with Gasteiger partial charge in [-0.3, -0.25) is 4.79 Å². The predicted molar refractivity (Wildman–Crippen MR) is 87.4 cm³/mol. The minimum absolute atomic E-state index is 0.0237. The van der Waals surface area contributed by atoms with Crippen molar-refractivity contribution in [2.75, 3.05) is 0 Å². The van der Waals surface area contributed by atoms with Gasteiger partial charge in [-0.15, -0.1) is 10.2 Å². The fourth-order valence-electron chi connectivity index (χ4n) is 3.45. The average Bonchev–Trinajstić information content (AvgIpc) is 3.29. The zero-order valence-electron chi connectivity index (χ0n) is 13.8. The molecule has 7 nitrogen and oxygen atoms in total. The second kappa shape index (κ2) is 6.27. The van der Waals surface area contributed by atoms with Crippen LogP contribution in [0.2, 0.25) is 0 Å². The zero-order valence-corrected chi connectivity index (χ0v) is 13.8. The lowest BCUT2D eigenvalue weighted by Crippen LogP contribution is -2.33. The van der Waals surface area contributed by atoms with Crippen molar-refractivity contribution in [2.45, 2.75) is 38.6 Å². The minimum atomic E-state index is -0.551. The molecule has 0 radical (unpaired) electrons. The average molecular weight is 343 g/mol. The highest BCUT2D eigenvalue weighted by molar-refractivity contribution is 5.97. The van der Waals surface area contributed by atoms with Gasteiger partial charge in [0.25, 0.3) is 5.91 Å². The highest BCUT2D eigenvalue weighted by Gasteiger charge is 2.28. The molecule has 1 aromatic carbocycles. The van der Waals surface area contributed by atoms with Crippen LogP contribution in [0.1, 0.15) is 41.4 Å². The highest BCUT2D eigenvalue weighted by atomic mass is 19.1. The van der Waals surface area contributed by atoms with Crippen molar-refractivity contribution < 1.29 is 13.6 Å². The van der Waals surface area contributed by atoms with Crippen LogP contribution in [0.4, 0.5) is 4.39 Å². The molecule has 2 aromatic heterocycles. The van der Waals surface area contributed by atoms with Gasteiger partial charge in [-0.2, -0.15) is 0 Å². The molecule has 8 heteroatoms. The van der Waals surface area contributed by atoms with Gasteiger partial charge in [0.1, 0.15) is 5.82 Å². The van der Waals surface area contributed by atoms with Gasteiger partial charge in [0.05, 0.1) is 22.9 Å². The number of nitrogens with one attached hydrogen (secondary N) is 2. The number of amides is 1. The second-order valence-corrected chi connectivity index (χ2v) is 6.52. The van der Waals surface area contributed by atoms with Crippen molar-refractivity contribution in [3.8, 4) is 0 Å². The van der Waals surface area contributed by atoms with E-state index < -0.39 is 11.7 Å². The van der Waals surface area contributed by atoms with Crippen LogP contribution in [0.3, 0.4) is 0 Å². The zero-order chi connectivity index (χ0) is 17.4. The quantitative estimate of drug-likeness (QED) is 0.759. The van der Waals surface area contributed by atoms with Crippen LogP contribution in [0.5, 0.6) is 0 Å². The van der Waals surface area contributed by atoms with Gasteiger partial charge >= 0.3 is 0 Å². The molecule has 1 aliphatic carbocycles. The largest absolute Gasteiger partial charge is 0.426 e. The molecule has 1 amide bonds. The molecule has 0 spiro atoms. The lowest BCUT2D eigenvalue weighted by Gasteiger charge is -2.13. The maximum absolute atomic E-state index is 14.2. The van der Waals surface area contributed by atoms with Crippen molar-refractivity contribution in [2.24, 2.45) is 5.92 Å². The molecule has 1 aliphatic rings. The molecule has 1 saturated carbocycles. The number of imidazole rings is 1. The van der Waals surface area contributed by atoms with Gasteiger partial charge in [0.15, 0.2) is 0 Å². The maximum atomic E-state index is 14.2. The fraction of sp³-hybridized carbons (Fsp3) is 0.412. The molecule has 0 bridgehead atoms. The Labute approximate surface area is 143 Å². The summed E-state index contributed by atoms with van der Waals surface area (Å²) in [6.45, 7) is 1.76. The summed E-state index contributed by atoms with van der Waals surface area (Å²) < 4.78 is 19.6. The van der Waals surface area contributed by atoms with Crippen molar-refractivity contribution in [1.29, 1.82) is 0 Å². The number of hydrogen-bond donors (Lipinski definition) is 2. The summed E-state index contributed by atoms with van der Waals surface area (Å²) in [5.74, 6) is 0.613. The molecule has 130 valence electrons. The first kappa shape index (κ1) is 15.7. The van der Waals surface area contributed by atoms with Gasteiger partial charge in [-0.25, -0.2) is 9.37 Å². The number of aryl methyl sites for hydroxylation is 1. The maximum Gasteiger partial charge on any atom is 0.254 e. The molecule has 25 heavy (non-hydrogen) atoms. The Bertz CT molecular complexity index is 919. The van der Waals surface area contributed by atoms with E-state index in [0.29, 0.717) is 35.2 Å². The topological polar surface area (TPSA) is 96.7 Å². The SMILES string of the molecule is Cc1nnc(C[C@@H]2CC[C@H](NC(=O)c3cc4nc[nH]c4cc3F)C2)o1. The lowest BCUT2D eigenvalue weighted by molar-refractivity contribution is 0.0933. The van der Waals surface area contributed by atoms with Gasteiger partial charge in [0, 0.05) is 25.5 Å². The summed E-state index contributed by atoms with van der Waals surface area (Å²) in [6, 6.07) is 2.80. The summed E-state index contributed by atoms with van der Waals surface area (Å²) in [4.78, 5) is 19.3. The van der Waals surface area contributed by atoms with Gasteiger partial charge < -0.3 is 14.7 Å². The van der Waals surface area contributed by atoms with E-state index in [1.165, 1.54) is 18.5 Å². The minimum Gasteiger partial charge on any atom is -0.426 e. The molecule has 3 aromatic rings.